The van der Waals surface area contributed by atoms with Crippen molar-refractivity contribution in [2.75, 3.05) is 18.1 Å². The van der Waals surface area contributed by atoms with Gasteiger partial charge in [0.2, 0.25) is 0 Å². The van der Waals surface area contributed by atoms with Gasteiger partial charge in [-0.2, -0.15) is 0 Å². The third-order valence-electron chi connectivity index (χ3n) is 3.29. The molecule has 0 radical (unpaired) electrons. The molecule has 4 nitrogen and oxygen atoms in total. The van der Waals surface area contributed by atoms with Gasteiger partial charge in [0, 0.05) is 18.9 Å². The Morgan fingerprint density at radius 3 is 2.69 bits per heavy atom. The molecule has 0 aromatic carbocycles. The Balaban J connectivity index is 2.81. The number of carbonyl (C=O) groups excluding carboxylic acids is 1. The number of carbonyl (C=O) groups is 1. The van der Waals surface area contributed by atoms with E-state index in [1.807, 2.05) is 13.8 Å². The molecule has 0 amide bonds. The molecule has 94 valence electrons. The minimum atomic E-state index is -2.95. The predicted molar refractivity (Wildman–Crippen MR) is 62.1 cm³/mol. The van der Waals surface area contributed by atoms with Crippen molar-refractivity contribution in [1.29, 1.82) is 0 Å². The number of hydrogen-bond acceptors (Lipinski definition) is 4. The lowest BCUT2D eigenvalue weighted by molar-refractivity contribution is -0.119. The summed E-state index contributed by atoms with van der Waals surface area (Å²) < 4.78 is 28.8. The first-order valence-corrected chi connectivity index (χ1v) is 7.53. The van der Waals surface area contributed by atoms with Gasteiger partial charge < -0.3 is 9.53 Å². The van der Waals surface area contributed by atoms with Crippen LogP contribution in [0.1, 0.15) is 33.1 Å². The molecule has 2 unspecified atom stereocenters. The van der Waals surface area contributed by atoms with Crippen molar-refractivity contribution in [1.82, 2.24) is 0 Å². The van der Waals surface area contributed by atoms with Crippen LogP contribution in [0.15, 0.2) is 0 Å². The molecule has 2 atom stereocenters. The number of ether oxygens (including phenoxy) is 1. The summed E-state index contributed by atoms with van der Waals surface area (Å²) in [4.78, 5) is 10.7. The van der Waals surface area contributed by atoms with E-state index < -0.39 is 15.4 Å². The summed E-state index contributed by atoms with van der Waals surface area (Å²) in [7, 11) is -2.95. The van der Waals surface area contributed by atoms with Gasteiger partial charge in [0.05, 0.1) is 17.1 Å². The van der Waals surface area contributed by atoms with E-state index in [9.17, 15) is 13.2 Å². The van der Waals surface area contributed by atoms with Gasteiger partial charge in [-0.3, -0.25) is 0 Å². The molecule has 0 N–H and O–H groups in total. The van der Waals surface area contributed by atoms with Crippen molar-refractivity contribution in [3.05, 3.63) is 0 Å². The van der Waals surface area contributed by atoms with E-state index in [-0.39, 0.29) is 23.8 Å². The topological polar surface area (TPSA) is 60.4 Å². The Morgan fingerprint density at radius 1 is 1.50 bits per heavy atom. The second-order valence-corrected chi connectivity index (χ2v) is 6.80. The van der Waals surface area contributed by atoms with E-state index in [1.165, 1.54) is 0 Å². The van der Waals surface area contributed by atoms with Crippen LogP contribution < -0.4 is 0 Å². The lowest BCUT2D eigenvalue weighted by atomic mass is 9.84. The normalized spacial score (nSPS) is 28.2. The first kappa shape index (κ1) is 13.6. The molecule has 0 aromatic rings. The number of sulfone groups is 1. The Bertz CT molecular complexity index is 336. The molecular formula is C11H20O4S. The van der Waals surface area contributed by atoms with E-state index in [0.29, 0.717) is 13.0 Å². The Morgan fingerprint density at radius 2 is 2.19 bits per heavy atom. The van der Waals surface area contributed by atoms with Gasteiger partial charge in [0.15, 0.2) is 9.84 Å². The molecular weight excluding hydrogens is 228 g/mol. The second-order valence-electron chi connectivity index (χ2n) is 4.57. The molecule has 0 aliphatic carbocycles. The molecule has 0 aromatic heterocycles. The van der Waals surface area contributed by atoms with Crippen LogP contribution in [0.5, 0.6) is 0 Å². The van der Waals surface area contributed by atoms with Crippen molar-refractivity contribution in [2.24, 2.45) is 5.92 Å². The number of hydrogen-bond donors (Lipinski definition) is 0. The maximum Gasteiger partial charge on any atom is 0.150 e. The first-order valence-electron chi connectivity index (χ1n) is 5.71. The molecule has 1 rings (SSSR count). The van der Waals surface area contributed by atoms with Gasteiger partial charge in [0.1, 0.15) is 6.29 Å². The van der Waals surface area contributed by atoms with Gasteiger partial charge in [-0.15, -0.1) is 0 Å². The highest BCUT2D eigenvalue weighted by atomic mass is 32.2. The monoisotopic (exact) mass is 248 g/mol. The largest absolute Gasteiger partial charge is 0.375 e. The fraction of sp³-hybridized carbons (Fsp3) is 0.909. The predicted octanol–water partition coefficient (Wildman–Crippen LogP) is 1.20. The maximum atomic E-state index is 11.6. The quantitative estimate of drug-likeness (QED) is 0.686. The van der Waals surface area contributed by atoms with Crippen molar-refractivity contribution < 1.29 is 17.9 Å². The van der Waals surface area contributed by atoms with Crippen LogP contribution in [0.3, 0.4) is 0 Å². The van der Waals surface area contributed by atoms with Crippen LogP contribution in [0.4, 0.5) is 0 Å². The Kier molecular flexibility index (Phi) is 4.50. The summed E-state index contributed by atoms with van der Waals surface area (Å²) in [5, 5.41) is 0. The zero-order chi connectivity index (χ0) is 12.2. The zero-order valence-corrected chi connectivity index (χ0v) is 10.8. The lowest BCUT2D eigenvalue weighted by Crippen LogP contribution is -2.44. The Labute approximate surface area is 97.3 Å². The summed E-state index contributed by atoms with van der Waals surface area (Å²) in [5.41, 5.74) is -0.621. The average molecular weight is 248 g/mol. The van der Waals surface area contributed by atoms with Crippen LogP contribution in [0.25, 0.3) is 0 Å². The minimum Gasteiger partial charge on any atom is -0.375 e. The molecule has 1 heterocycles. The smallest absolute Gasteiger partial charge is 0.150 e. The van der Waals surface area contributed by atoms with Gasteiger partial charge in [-0.1, -0.05) is 0 Å². The van der Waals surface area contributed by atoms with Gasteiger partial charge in [-0.05, 0) is 26.7 Å². The van der Waals surface area contributed by atoms with Gasteiger partial charge in [0.25, 0.3) is 0 Å². The van der Waals surface area contributed by atoms with Gasteiger partial charge >= 0.3 is 0 Å². The van der Waals surface area contributed by atoms with E-state index in [2.05, 4.69) is 0 Å². The molecule has 5 heteroatoms. The number of rotatable bonds is 5. The third kappa shape index (κ3) is 3.28. The number of aldehydes is 1. The highest BCUT2D eigenvalue weighted by molar-refractivity contribution is 7.91. The lowest BCUT2D eigenvalue weighted by Gasteiger charge is -2.38. The molecule has 1 fully saturated rings. The van der Waals surface area contributed by atoms with E-state index in [1.54, 1.807) is 0 Å². The third-order valence-corrected chi connectivity index (χ3v) is 5.11. The zero-order valence-electron chi connectivity index (χ0n) is 9.94. The van der Waals surface area contributed by atoms with Crippen LogP contribution in [-0.4, -0.2) is 38.4 Å². The fourth-order valence-corrected chi connectivity index (χ4v) is 4.25. The van der Waals surface area contributed by atoms with E-state index in [4.69, 9.17) is 4.74 Å². The van der Waals surface area contributed by atoms with Crippen molar-refractivity contribution in [3.8, 4) is 0 Å². The molecule has 0 spiro atoms. The summed E-state index contributed by atoms with van der Waals surface area (Å²) in [6.07, 6.45) is 2.58. The highest BCUT2D eigenvalue weighted by Gasteiger charge is 2.39. The highest BCUT2D eigenvalue weighted by Crippen LogP contribution is 2.33. The van der Waals surface area contributed by atoms with Gasteiger partial charge in [-0.25, -0.2) is 8.42 Å². The first-order chi connectivity index (χ1) is 7.43. The maximum absolute atomic E-state index is 11.6. The van der Waals surface area contributed by atoms with Crippen molar-refractivity contribution in [2.45, 2.75) is 38.7 Å². The van der Waals surface area contributed by atoms with Crippen LogP contribution in [-0.2, 0) is 19.4 Å². The molecule has 1 saturated heterocycles. The molecule has 16 heavy (non-hydrogen) atoms. The molecule has 0 saturated carbocycles. The van der Waals surface area contributed by atoms with Crippen LogP contribution in [0, 0.1) is 5.92 Å². The van der Waals surface area contributed by atoms with Crippen molar-refractivity contribution in [3.63, 3.8) is 0 Å². The summed E-state index contributed by atoms with van der Waals surface area (Å²) in [5.74, 6) is 0.362. The fourth-order valence-electron chi connectivity index (χ4n) is 2.34. The summed E-state index contributed by atoms with van der Waals surface area (Å²) in [6.45, 7) is 4.21. The van der Waals surface area contributed by atoms with Crippen LogP contribution >= 0.6 is 0 Å². The average Bonchev–Trinajstić information content (AvgIpc) is 2.17. The molecule has 1 aliphatic rings. The second kappa shape index (κ2) is 5.27. The summed E-state index contributed by atoms with van der Waals surface area (Å²) in [6, 6.07) is 0. The molecule has 0 bridgehead atoms. The summed E-state index contributed by atoms with van der Waals surface area (Å²) >= 11 is 0. The molecule has 1 aliphatic heterocycles. The SMILES string of the molecule is CCOC(C)(CC=O)C1CCCS(=O)(=O)C1. The minimum absolute atomic E-state index is 0.0589. The standard InChI is InChI=1S/C11H20O4S/c1-3-15-11(2,6-7-12)10-5-4-8-16(13,14)9-10/h7,10H,3-6,8-9H2,1-2H3. The van der Waals surface area contributed by atoms with Crippen molar-refractivity contribution >= 4 is 16.1 Å². The van der Waals surface area contributed by atoms with Crippen LogP contribution in [0.2, 0.25) is 0 Å². The van der Waals surface area contributed by atoms with E-state index in [0.717, 1.165) is 12.7 Å². The van der Waals surface area contributed by atoms with E-state index >= 15 is 0 Å². The Hall–Kier alpha value is -0.420.